The number of aromatic carboxylic acids is 1. The van der Waals surface area contributed by atoms with Crippen molar-refractivity contribution in [3.8, 4) is 39.8 Å². The molecule has 0 unspecified atom stereocenters. The van der Waals surface area contributed by atoms with Gasteiger partial charge in [0.2, 0.25) is 5.82 Å². The highest BCUT2D eigenvalue weighted by Crippen LogP contribution is 2.35. The fraction of sp³-hybridized carbons (Fsp3) is 0.111. The molecule has 0 bridgehead atoms. The molecule has 0 fully saturated rings. The average Bonchev–Trinajstić information content (AvgIpc) is 3.34. The van der Waals surface area contributed by atoms with Crippen molar-refractivity contribution < 1.29 is 19.2 Å². The number of hydrogen-bond donors (Lipinski definition) is 1. The highest BCUT2D eigenvalue weighted by atomic mass is 35.5. The summed E-state index contributed by atoms with van der Waals surface area (Å²) >= 11 is 6.37. The Hall–Kier alpha value is -4.23. The lowest BCUT2D eigenvalue weighted by Gasteiger charge is -2.11. The normalized spacial score (nSPS) is 11.2. The second-order valence-corrected chi connectivity index (χ2v) is 8.59. The van der Waals surface area contributed by atoms with Gasteiger partial charge in [0.25, 0.3) is 5.89 Å². The Morgan fingerprint density at radius 2 is 1.83 bits per heavy atom. The van der Waals surface area contributed by atoms with E-state index in [4.69, 9.17) is 20.9 Å². The number of benzene rings is 3. The van der Waals surface area contributed by atoms with E-state index in [9.17, 15) is 9.90 Å². The molecule has 1 N–H and O–H groups in total. The Kier molecular flexibility index (Phi) is 5.93. The first-order valence-corrected chi connectivity index (χ1v) is 11.3. The fourth-order valence-electron chi connectivity index (χ4n) is 3.87. The van der Waals surface area contributed by atoms with Crippen LogP contribution in [0.4, 0.5) is 0 Å². The molecular formula is C27H20ClN3O4. The van der Waals surface area contributed by atoms with E-state index in [0.29, 0.717) is 39.3 Å². The summed E-state index contributed by atoms with van der Waals surface area (Å²) in [6, 6.07) is 19.6. The number of halogens is 1. The van der Waals surface area contributed by atoms with Crippen molar-refractivity contribution in [1.29, 1.82) is 0 Å². The van der Waals surface area contributed by atoms with Gasteiger partial charge in [0, 0.05) is 28.3 Å². The number of rotatable bonds is 6. The molecule has 7 nitrogen and oxygen atoms in total. The molecule has 2 heterocycles. The maximum atomic E-state index is 11.4. The summed E-state index contributed by atoms with van der Waals surface area (Å²) in [6.45, 7) is 3.87. The van der Waals surface area contributed by atoms with Crippen molar-refractivity contribution in [1.82, 2.24) is 15.1 Å². The first-order chi connectivity index (χ1) is 16.9. The van der Waals surface area contributed by atoms with E-state index in [1.165, 1.54) is 0 Å². The second-order valence-electron chi connectivity index (χ2n) is 8.18. The minimum absolute atomic E-state index is 0.00528. The number of carbonyl (C=O) groups is 1. The molecule has 174 valence electrons. The van der Waals surface area contributed by atoms with Crippen LogP contribution < -0.4 is 4.74 Å². The standard InChI is InChI=1S/C27H20ClN3O4/c1-15(2)34-23-10-9-17(14-22(23)28)26-30-25(31-35-26)21-8-4-7-20-19(21)11-12-29-24(20)16-5-3-6-18(13-16)27(32)33/h3-15H,1-2H3,(H,32,33). The second kappa shape index (κ2) is 9.19. The summed E-state index contributed by atoms with van der Waals surface area (Å²) < 4.78 is 11.2. The van der Waals surface area contributed by atoms with E-state index in [1.54, 1.807) is 36.5 Å². The Morgan fingerprint density at radius 3 is 2.60 bits per heavy atom. The quantitative estimate of drug-likeness (QED) is 0.283. The van der Waals surface area contributed by atoms with Gasteiger partial charge in [-0.15, -0.1) is 0 Å². The third-order valence-corrected chi connectivity index (χ3v) is 5.69. The molecular weight excluding hydrogens is 466 g/mol. The summed E-state index contributed by atoms with van der Waals surface area (Å²) in [5.41, 5.74) is 3.02. The van der Waals surface area contributed by atoms with Gasteiger partial charge in [0.15, 0.2) is 0 Å². The predicted molar refractivity (Wildman–Crippen MR) is 134 cm³/mol. The van der Waals surface area contributed by atoms with E-state index in [0.717, 1.165) is 16.3 Å². The van der Waals surface area contributed by atoms with Crippen molar-refractivity contribution in [2.75, 3.05) is 0 Å². The van der Waals surface area contributed by atoms with Gasteiger partial charge >= 0.3 is 5.97 Å². The zero-order valence-electron chi connectivity index (χ0n) is 18.9. The Labute approximate surface area is 206 Å². The highest BCUT2D eigenvalue weighted by molar-refractivity contribution is 6.32. The number of pyridine rings is 1. The van der Waals surface area contributed by atoms with Crippen LogP contribution >= 0.6 is 11.6 Å². The summed E-state index contributed by atoms with van der Waals surface area (Å²) in [5.74, 6) is 0.348. The third kappa shape index (κ3) is 4.46. The molecule has 5 rings (SSSR count). The van der Waals surface area contributed by atoms with Gasteiger partial charge in [-0.2, -0.15) is 4.98 Å². The van der Waals surface area contributed by atoms with Gasteiger partial charge in [0.1, 0.15) is 5.75 Å². The van der Waals surface area contributed by atoms with Gasteiger partial charge in [-0.25, -0.2) is 4.79 Å². The molecule has 0 aliphatic rings. The molecule has 0 radical (unpaired) electrons. The molecule has 35 heavy (non-hydrogen) atoms. The summed E-state index contributed by atoms with van der Waals surface area (Å²) in [4.78, 5) is 20.5. The molecule has 3 aromatic carbocycles. The zero-order valence-corrected chi connectivity index (χ0v) is 19.7. The van der Waals surface area contributed by atoms with Crippen molar-refractivity contribution >= 4 is 28.3 Å². The smallest absolute Gasteiger partial charge is 0.335 e. The lowest BCUT2D eigenvalue weighted by molar-refractivity contribution is 0.0697. The third-order valence-electron chi connectivity index (χ3n) is 5.40. The van der Waals surface area contributed by atoms with Crippen LogP contribution in [0.1, 0.15) is 24.2 Å². The largest absolute Gasteiger partial charge is 0.489 e. The number of hydrogen-bond acceptors (Lipinski definition) is 6. The first kappa shape index (κ1) is 22.6. The summed E-state index contributed by atoms with van der Waals surface area (Å²) in [6.07, 6.45) is 1.69. The van der Waals surface area contributed by atoms with Crippen LogP contribution in [0.15, 0.2) is 77.4 Å². The molecule has 0 spiro atoms. The predicted octanol–water partition coefficient (Wildman–Crippen LogP) is 6.76. The van der Waals surface area contributed by atoms with Crippen molar-refractivity contribution in [2.45, 2.75) is 20.0 Å². The van der Waals surface area contributed by atoms with Crippen molar-refractivity contribution in [2.24, 2.45) is 0 Å². The molecule has 2 aromatic heterocycles. The van der Waals surface area contributed by atoms with E-state index >= 15 is 0 Å². The van der Waals surface area contributed by atoms with Gasteiger partial charge in [0.05, 0.1) is 22.4 Å². The monoisotopic (exact) mass is 485 g/mol. The number of aromatic nitrogens is 3. The Bertz CT molecular complexity index is 1560. The molecule has 5 aromatic rings. The van der Waals surface area contributed by atoms with Gasteiger partial charge in [-0.1, -0.05) is 47.1 Å². The van der Waals surface area contributed by atoms with E-state index in [-0.39, 0.29) is 11.7 Å². The molecule has 0 saturated carbocycles. The molecule has 0 atom stereocenters. The van der Waals surface area contributed by atoms with Gasteiger partial charge in [-0.05, 0) is 55.6 Å². The number of carboxylic acid groups (broad SMARTS) is 1. The number of carboxylic acids is 1. The van der Waals surface area contributed by atoms with Crippen molar-refractivity contribution in [3.63, 3.8) is 0 Å². The van der Waals surface area contributed by atoms with Crippen LogP contribution in [0.5, 0.6) is 5.75 Å². The number of fused-ring (bicyclic) bond motifs is 1. The lowest BCUT2D eigenvalue weighted by atomic mass is 9.99. The van der Waals surface area contributed by atoms with Crippen LogP contribution in [-0.2, 0) is 0 Å². The van der Waals surface area contributed by atoms with Crippen LogP contribution in [0.25, 0.3) is 44.9 Å². The van der Waals surface area contributed by atoms with Crippen LogP contribution in [-0.4, -0.2) is 32.3 Å². The topological polar surface area (TPSA) is 98.3 Å². The van der Waals surface area contributed by atoms with Gasteiger partial charge in [-0.3, -0.25) is 4.98 Å². The van der Waals surface area contributed by atoms with E-state index in [2.05, 4.69) is 15.1 Å². The number of nitrogens with zero attached hydrogens (tertiary/aromatic N) is 3. The van der Waals surface area contributed by atoms with E-state index < -0.39 is 5.97 Å². The SMILES string of the molecule is CC(C)Oc1ccc(-c2nc(-c3cccc4c(-c5cccc(C(=O)O)c5)nccc34)no2)cc1Cl. The van der Waals surface area contributed by atoms with Crippen LogP contribution in [0, 0.1) is 0 Å². The lowest BCUT2D eigenvalue weighted by Crippen LogP contribution is -2.05. The average molecular weight is 486 g/mol. The van der Waals surface area contributed by atoms with Crippen molar-refractivity contribution in [3.05, 3.63) is 83.5 Å². The maximum Gasteiger partial charge on any atom is 0.335 e. The highest BCUT2D eigenvalue weighted by Gasteiger charge is 2.17. The minimum atomic E-state index is -0.990. The first-order valence-electron chi connectivity index (χ1n) is 10.9. The molecule has 8 heteroatoms. The fourth-order valence-corrected chi connectivity index (χ4v) is 4.09. The van der Waals surface area contributed by atoms with Gasteiger partial charge < -0.3 is 14.4 Å². The van der Waals surface area contributed by atoms with Crippen LogP contribution in [0.3, 0.4) is 0 Å². The maximum absolute atomic E-state index is 11.4. The molecule has 0 aliphatic heterocycles. The Balaban J connectivity index is 1.55. The molecule has 0 amide bonds. The summed E-state index contributed by atoms with van der Waals surface area (Å²) in [5, 5.41) is 15.7. The molecule has 0 aliphatic carbocycles. The number of ether oxygens (including phenoxy) is 1. The van der Waals surface area contributed by atoms with Crippen LogP contribution in [0.2, 0.25) is 5.02 Å². The van der Waals surface area contributed by atoms with E-state index in [1.807, 2.05) is 50.2 Å². The zero-order chi connectivity index (χ0) is 24.5. The molecule has 0 saturated heterocycles. The Morgan fingerprint density at radius 1 is 1.00 bits per heavy atom. The minimum Gasteiger partial charge on any atom is -0.489 e. The summed E-state index contributed by atoms with van der Waals surface area (Å²) in [7, 11) is 0.